The third-order valence-electron chi connectivity index (χ3n) is 4.33. The van der Waals surface area contributed by atoms with E-state index in [0.29, 0.717) is 0 Å². The molecule has 0 aromatic heterocycles. The lowest BCUT2D eigenvalue weighted by Crippen LogP contribution is -2.24. The van der Waals surface area contributed by atoms with Gasteiger partial charge in [0.15, 0.2) is 12.6 Å². The van der Waals surface area contributed by atoms with E-state index in [0.717, 1.165) is 12.8 Å². The summed E-state index contributed by atoms with van der Waals surface area (Å²) < 4.78 is 23.5. The van der Waals surface area contributed by atoms with Crippen LogP contribution < -0.4 is 0 Å². The summed E-state index contributed by atoms with van der Waals surface area (Å²) in [5, 5.41) is 0. The van der Waals surface area contributed by atoms with Gasteiger partial charge < -0.3 is 18.9 Å². The second-order valence-corrected chi connectivity index (χ2v) is 13.2. The van der Waals surface area contributed by atoms with E-state index < -0.39 is 0 Å². The molecular formula is C22H50O4Si2. The molecule has 0 heterocycles. The summed E-state index contributed by atoms with van der Waals surface area (Å²) in [4.78, 5) is 0. The topological polar surface area (TPSA) is 36.9 Å². The maximum Gasteiger partial charge on any atom is 0.158 e. The minimum atomic E-state index is -0.0163. The second-order valence-electron chi connectivity index (χ2n) is 9.00. The minimum Gasteiger partial charge on any atom is -0.350 e. The van der Waals surface area contributed by atoms with E-state index in [4.69, 9.17) is 18.9 Å². The normalized spacial score (nSPS) is 13.5. The molecule has 0 rings (SSSR count). The Morgan fingerprint density at radius 2 is 0.750 bits per heavy atom. The first-order valence-corrected chi connectivity index (χ1v) is 15.8. The van der Waals surface area contributed by atoms with Gasteiger partial charge in [-0.25, -0.2) is 0 Å². The van der Waals surface area contributed by atoms with Crippen LogP contribution in [0.25, 0.3) is 0 Å². The van der Waals surface area contributed by atoms with Crippen LogP contribution in [0.1, 0.15) is 81.1 Å². The molecule has 0 aromatic rings. The van der Waals surface area contributed by atoms with Gasteiger partial charge in [0.25, 0.3) is 0 Å². The molecule has 0 aromatic carbocycles. The van der Waals surface area contributed by atoms with Crippen molar-refractivity contribution in [2.75, 3.05) is 0 Å². The largest absolute Gasteiger partial charge is 0.350 e. The van der Waals surface area contributed by atoms with Gasteiger partial charge in [0.1, 0.15) is 0 Å². The van der Waals surface area contributed by atoms with Crippen LogP contribution in [0.2, 0.25) is 24.2 Å². The Kier molecular flexibility index (Phi) is 18.3. The van der Waals surface area contributed by atoms with E-state index in [9.17, 15) is 0 Å². The molecule has 0 bridgehead atoms. The highest BCUT2D eigenvalue weighted by atomic mass is 28.2. The average Bonchev–Trinajstić information content (AvgIpc) is 2.54. The lowest BCUT2D eigenvalue weighted by molar-refractivity contribution is -0.184. The van der Waals surface area contributed by atoms with Gasteiger partial charge in [-0.15, -0.1) is 0 Å². The van der Waals surface area contributed by atoms with Gasteiger partial charge in [0, 0.05) is 19.0 Å². The van der Waals surface area contributed by atoms with Gasteiger partial charge >= 0.3 is 0 Å². The van der Waals surface area contributed by atoms with Crippen molar-refractivity contribution in [2.45, 2.75) is 142 Å². The van der Waals surface area contributed by atoms with Crippen molar-refractivity contribution in [3.63, 3.8) is 0 Å². The number of hydrogen-bond donors (Lipinski definition) is 0. The van der Waals surface area contributed by atoms with Crippen LogP contribution >= 0.6 is 0 Å². The third kappa shape index (κ3) is 19.6. The smallest absolute Gasteiger partial charge is 0.158 e. The standard InChI is InChI=1S/C22H50O4Si2/c1-17(2)23-21(24-18(3)4)11-9-13-27-15-16-28-14-10-12-22(25-19(5)6)26-20(7)8/h17-22H,9-16,27-28H2,1-8H3. The molecule has 28 heavy (non-hydrogen) atoms. The molecule has 0 radical (unpaired) electrons. The summed E-state index contributed by atoms with van der Waals surface area (Å²) in [6.45, 7) is 16.7. The highest BCUT2D eigenvalue weighted by Crippen LogP contribution is 2.14. The van der Waals surface area contributed by atoms with Crippen LogP contribution in [0.15, 0.2) is 0 Å². The first-order chi connectivity index (χ1) is 13.2. The fourth-order valence-electron chi connectivity index (χ4n) is 3.23. The Labute approximate surface area is 180 Å². The van der Waals surface area contributed by atoms with E-state index in [-0.39, 0.29) is 56.0 Å². The molecule has 0 saturated heterocycles. The zero-order chi connectivity index (χ0) is 21.4. The van der Waals surface area contributed by atoms with Crippen molar-refractivity contribution in [2.24, 2.45) is 0 Å². The van der Waals surface area contributed by atoms with Gasteiger partial charge in [-0.3, -0.25) is 0 Å². The Balaban J connectivity index is 3.66. The minimum absolute atomic E-state index is 0.0163. The lowest BCUT2D eigenvalue weighted by Gasteiger charge is -2.23. The van der Waals surface area contributed by atoms with Crippen molar-refractivity contribution in [3.8, 4) is 0 Å². The van der Waals surface area contributed by atoms with Crippen molar-refractivity contribution in [1.82, 2.24) is 0 Å². The SMILES string of the molecule is CC(C)OC(CCC[SiH2]CC[SiH2]CCCC(OC(C)C)OC(C)C)OC(C)C. The zero-order valence-electron chi connectivity index (χ0n) is 20.2. The monoisotopic (exact) mass is 434 g/mol. The van der Waals surface area contributed by atoms with E-state index in [1.807, 2.05) is 0 Å². The molecular weight excluding hydrogens is 384 g/mol. The highest BCUT2D eigenvalue weighted by Gasteiger charge is 2.14. The molecule has 0 aliphatic heterocycles. The summed E-state index contributed by atoms with van der Waals surface area (Å²) in [6, 6.07) is 5.92. The molecule has 4 nitrogen and oxygen atoms in total. The fraction of sp³-hybridized carbons (Fsp3) is 1.00. The quantitative estimate of drug-likeness (QED) is 0.164. The zero-order valence-corrected chi connectivity index (χ0v) is 23.0. The van der Waals surface area contributed by atoms with Crippen LogP contribution in [0.4, 0.5) is 0 Å². The highest BCUT2D eigenvalue weighted by molar-refractivity contribution is 6.42. The Morgan fingerprint density at radius 1 is 0.464 bits per heavy atom. The maximum absolute atomic E-state index is 5.88. The maximum atomic E-state index is 5.88. The first kappa shape index (κ1) is 28.3. The van der Waals surface area contributed by atoms with Crippen molar-refractivity contribution >= 4 is 19.0 Å². The first-order valence-electron chi connectivity index (χ1n) is 11.8. The number of hydrogen-bond acceptors (Lipinski definition) is 4. The number of ether oxygens (including phenoxy) is 4. The molecule has 170 valence electrons. The van der Waals surface area contributed by atoms with Crippen LogP contribution in [0, 0.1) is 0 Å². The molecule has 0 aliphatic rings. The predicted molar refractivity (Wildman–Crippen MR) is 127 cm³/mol. The van der Waals surface area contributed by atoms with E-state index in [1.54, 1.807) is 0 Å². The summed E-state index contributed by atoms with van der Waals surface area (Å²) in [5.41, 5.74) is 0. The molecule has 6 heteroatoms. The van der Waals surface area contributed by atoms with Crippen molar-refractivity contribution in [1.29, 1.82) is 0 Å². The molecule has 0 atom stereocenters. The van der Waals surface area contributed by atoms with Gasteiger partial charge in [-0.1, -0.05) is 37.0 Å². The molecule has 0 saturated carbocycles. The number of rotatable bonds is 19. The van der Waals surface area contributed by atoms with Gasteiger partial charge in [0.2, 0.25) is 0 Å². The van der Waals surface area contributed by atoms with Crippen LogP contribution in [-0.4, -0.2) is 56.0 Å². The van der Waals surface area contributed by atoms with Gasteiger partial charge in [-0.2, -0.15) is 0 Å². The summed E-state index contributed by atoms with van der Waals surface area (Å²) in [6.07, 6.45) is 5.55. The summed E-state index contributed by atoms with van der Waals surface area (Å²) in [7, 11) is 0.217. The van der Waals surface area contributed by atoms with Gasteiger partial charge in [-0.05, 0) is 68.2 Å². The summed E-state index contributed by atoms with van der Waals surface area (Å²) >= 11 is 0. The predicted octanol–water partition coefficient (Wildman–Crippen LogP) is 4.91. The van der Waals surface area contributed by atoms with Crippen molar-refractivity contribution < 1.29 is 18.9 Å². The van der Waals surface area contributed by atoms with Crippen molar-refractivity contribution in [3.05, 3.63) is 0 Å². The molecule has 0 fully saturated rings. The fourth-order valence-corrected chi connectivity index (χ4v) is 8.05. The summed E-state index contributed by atoms with van der Waals surface area (Å²) in [5.74, 6) is 0. The van der Waals surface area contributed by atoms with E-state index >= 15 is 0 Å². The Morgan fingerprint density at radius 3 is 1.00 bits per heavy atom. The van der Waals surface area contributed by atoms with E-state index in [2.05, 4.69) is 55.4 Å². The molecule has 0 amide bonds. The lowest BCUT2D eigenvalue weighted by atomic mass is 10.3. The van der Waals surface area contributed by atoms with Crippen LogP contribution in [0.3, 0.4) is 0 Å². The Hall–Kier alpha value is 0.274. The Bertz CT molecular complexity index is 286. The van der Waals surface area contributed by atoms with Crippen LogP contribution in [-0.2, 0) is 18.9 Å². The average molecular weight is 435 g/mol. The van der Waals surface area contributed by atoms with Crippen LogP contribution in [0.5, 0.6) is 0 Å². The third-order valence-corrected chi connectivity index (χ3v) is 9.33. The molecule has 0 unspecified atom stereocenters. The second kappa shape index (κ2) is 18.1. The van der Waals surface area contributed by atoms with E-state index in [1.165, 1.54) is 37.0 Å². The molecule has 0 spiro atoms. The molecule has 0 N–H and O–H groups in total. The van der Waals surface area contributed by atoms with Gasteiger partial charge in [0.05, 0.1) is 24.4 Å². The molecule has 0 aliphatic carbocycles.